The number of hydrogen-bond acceptors (Lipinski definition) is 4. The number of nitrogens with zero attached hydrogens (tertiary/aromatic N) is 2. The molecule has 3 rings (SSSR count). The average Bonchev–Trinajstić information content (AvgIpc) is 2.72. The number of rotatable bonds is 5. The largest absolute Gasteiger partial charge is 0.487 e. The Morgan fingerprint density at radius 2 is 1.82 bits per heavy atom. The molecule has 1 fully saturated rings. The summed E-state index contributed by atoms with van der Waals surface area (Å²) in [6.07, 6.45) is 1.59. The van der Waals surface area contributed by atoms with Crippen molar-refractivity contribution in [3.63, 3.8) is 0 Å². The first-order chi connectivity index (χ1) is 13.6. The van der Waals surface area contributed by atoms with Crippen LogP contribution in [0.4, 0.5) is 0 Å². The fourth-order valence-corrected chi connectivity index (χ4v) is 4.23. The summed E-state index contributed by atoms with van der Waals surface area (Å²) in [5, 5.41) is 9.45. The van der Waals surface area contributed by atoms with Crippen LogP contribution >= 0.6 is 31.9 Å². The minimum absolute atomic E-state index is 0.0960. The summed E-state index contributed by atoms with van der Waals surface area (Å²) in [7, 11) is 0. The number of benzene rings is 2. The Labute approximate surface area is 180 Å². The molecule has 7 heteroatoms. The van der Waals surface area contributed by atoms with Crippen molar-refractivity contribution in [3.8, 4) is 11.8 Å². The summed E-state index contributed by atoms with van der Waals surface area (Å²) >= 11 is 7.04. The SMILES string of the molecule is N#C/C(=C\c1cc(Br)c(OCc2ccccc2)c(Br)c1)C(=O)N1CCOCC1. The second-order valence-electron chi connectivity index (χ2n) is 6.16. The van der Waals surface area contributed by atoms with E-state index in [4.69, 9.17) is 9.47 Å². The monoisotopic (exact) mass is 504 g/mol. The summed E-state index contributed by atoms with van der Waals surface area (Å²) in [4.78, 5) is 14.2. The maximum absolute atomic E-state index is 12.6. The fraction of sp³-hybridized carbons (Fsp3) is 0.238. The number of hydrogen-bond donors (Lipinski definition) is 0. The van der Waals surface area contributed by atoms with Gasteiger partial charge < -0.3 is 14.4 Å². The number of halogens is 2. The first-order valence-electron chi connectivity index (χ1n) is 8.73. The molecule has 5 nitrogen and oxygen atoms in total. The van der Waals surface area contributed by atoms with Crippen LogP contribution in [-0.4, -0.2) is 37.1 Å². The lowest BCUT2D eigenvalue weighted by atomic mass is 10.1. The van der Waals surface area contributed by atoms with E-state index in [1.54, 1.807) is 11.0 Å². The van der Waals surface area contributed by atoms with Gasteiger partial charge in [0.1, 0.15) is 24.0 Å². The highest BCUT2D eigenvalue weighted by Crippen LogP contribution is 2.36. The van der Waals surface area contributed by atoms with Crippen LogP contribution in [0.3, 0.4) is 0 Å². The zero-order valence-electron chi connectivity index (χ0n) is 15.0. The van der Waals surface area contributed by atoms with Crippen molar-refractivity contribution in [2.45, 2.75) is 6.61 Å². The molecule has 0 saturated carbocycles. The Morgan fingerprint density at radius 3 is 2.43 bits per heavy atom. The van der Waals surface area contributed by atoms with Gasteiger partial charge in [0.15, 0.2) is 0 Å². The minimum Gasteiger partial charge on any atom is -0.487 e. The van der Waals surface area contributed by atoms with E-state index in [0.717, 1.165) is 20.1 Å². The first kappa shape index (κ1) is 20.6. The Morgan fingerprint density at radius 1 is 1.18 bits per heavy atom. The Bertz CT molecular complexity index is 894. The molecule has 0 aliphatic carbocycles. The number of morpholine rings is 1. The van der Waals surface area contributed by atoms with Crippen LogP contribution in [0, 0.1) is 11.3 Å². The summed E-state index contributed by atoms with van der Waals surface area (Å²) in [6, 6.07) is 15.6. The second kappa shape index (κ2) is 9.87. The lowest BCUT2D eigenvalue weighted by Crippen LogP contribution is -2.41. The predicted molar refractivity (Wildman–Crippen MR) is 114 cm³/mol. The number of carbonyl (C=O) groups is 1. The number of nitriles is 1. The van der Waals surface area contributed by atoms with Gasteiger partial charge in [-0.3, -0.25) is 4.79 Å². The van der Waals surface area contributed by atoms with E-state index in [-0.39, 0.29) is 11.5 Å². The Kier molecular flexibility index (Phi) is 7.26. The van der Waals surface area contributed by atoms with Gasteiger partial charge in [0.05, 0.1) is 22.2 Å². The summed E-state index contributed by atoms with van der Waals surface area (Å²) in [6.45, 7) is 2.42. The van der Waals surface area contributed by atoms with Crippen LogP contribution in [0.1, 0.15) is 11.1 Å². The summed E-state index contributed by atoms with van der Waals surface area (Å²) in [5.74, 6) is 0.390. The molecule has 1 saturated heterocycles. The van der Waals surface area contributed by atoms with Crippen LogP contribution in [-0.2, 0) is 16.1 Å². The molecule has 0 bridgehead atoms. The van der Waals surface area contributed by atoms with Crippen molar-refractivity contribution in [1.29, 1.82) is 5.26 Å². The second-order valence-corrected chi connectivity index (χ2v) is 7.87. The van der Waals surface area contributed by atoms with Crippen molar-refractivity contribution in [2.24, 2.45) is 0 Å². The lowest BCUT2D eigenvalue weighted by Gasteiger charge is -2.26. The molecule has 0 unspecified atom stereocenters. The molecule has 28 heavy (non-hydrogen) atoms. The third-order valence-electron chi connectivity index (χ3n) is 4.21. The Balaban J connectivity index is 1.77. The van der Waals surface area contributed by atoms with Crippen LogP contribution in [0.5, 0.6) is 5.75 Å². The van der Waals surface area contributed by atoms with Crippen molar-refractivity contribution in [3.05, 3.63) is 68.1 Å². The van der Waals surface area contributed by atoms with E-state index in [1.165, 1.54) is 0 Å². The van der Waals surface area contributed by atoms with Gasteiger partial charge in [-0.2, -0.15) is 5.26 Å². The van der Waals surface area contributed by atoms with E-state index in [0.29, 0.717) is 38.7 Å². The van der Waals surface area contributed by atoms with E-state index in [9.17, 15) is 10.1 Å². The zero-order valence-corrected chi connectivity index (χ0v) is 18.2. The normalized spacial score (nSPS) is 14.5. The van der Waals surface area contributed by atoms with Gasteiger partial charge >= 0.3 is 0 Å². The first-order valence-corrected chi connectivity index (χ1v) is 10.3. The van der Waals surface area contributed by atoms with Crippen LogP contribution < -0.4 is 4.74 Å². The number of ether oxygens (including phenoxy) is 2. The van der Waals surface area contributed by atoms with Crippen LogP contribution in [0.2, 0.25) is 0 Å². The van der Waals surface area contributed by atoms with E-state index < -0.39 is 0 Å². The van der Waals surface area contributed by atoms with Gasteiger partial charge in [-0.25, -0.2) is 0 Å². The molecule has 1 aliphatic rings. The van der Waals surface area contributed by atoms with Crippen molar-refractivity contribution >= 4 is 43.8 Å². The fourth-order valence-electron chi connectivity index (χ4n) is 2.78. The highest BCUT2D eigenvalue weighted by atomic mass is 79.9. The smallest absolute Gasteiger partial charge is 0.264 e. The molecule has 2 aromatic carbocycles. The van der Waals surface area contributed by atoms with Crippen molar-refractivity contribution in [1.82, 2.24) is 4.90 Å². The molecule has 0 spiro atoms. The molecule has 0 radical (unpaired) electrons. The van der Waals surface area contributed by atoms with Crippen LogP contribution in [0.25, 0.3) is 6.08 Å². The van der Waals surface area contributed by atoms with Gasteiger partial charge in [-0.05, 0) is 61.2 Å². The average molecular weight is 506 g/mol. The van der Waals surface area contributed by atoms with Gasteiger partial charge in [-0.15, -0.1) is 0 Å². The summed E-state index contributed by atoms with van der Waals surface area (Å²) in [5.41, 5.74) is 1.88. The van der Waals surface area contributed by atoms with E-state index in [1.807, 2.05) is 48.5 Å². The highest BCUT2D eigenvalue weighted by molar-refractivity contribution is 9.11. The molecular formula is C21H18Br2N2O3. The van der Waals surface area contributed by atoms with E-state index >= 15 is 0 Å². The van der Waals surface area contributed by atoms with Gasteiger partial charge in [0.2, 0.25) is 0 Å². The van der Waals surface area contributed by atoms with Gasteiger partial charge in [0.25, 0.3) is 5.91 Å². The zero-order chi connectivity index (χ0) is 19.9. The molecule has 0 N–H and O–H groups in total. The molecule has 1 aliphatic heterocycles. The minimum atomic E-state index is -0.276. The molecule has 0 aromatic heterocycles. The molecule has 1 amide bonds. The maximum atomic E-state index is 12.6. The molecule has 1 heterocycles. The standard InChI is InChI=1S/C21H18Br2N2O3/c22-18-11-16(10-17(13-24)21(26)25-6-8-27-9-7-25)12-19(23)20(18)28-14-15-4-2-1-3-5-15/h1-5,10-12H,6-9,14H2/b17-10+. The lowest BCUT2D eigenvalue weighted by molar-refractivity contribution is -0.130. The van der Waals surface area contributed by atoms with Crippen LogP contribution in [0.15, 0.2) is 57.0 Å². The third kappa shape index (κ3) is 5.22. The molecule has 2 aromatic rings. The van der Waals surface area contributed by atoms with Gasteiger partial charge in [-0.1, -0.05) is 30.3 Å². The van der Waals surface area contributed by atoms with Gasteiger partial charge in [0, 0.05) is 13.1 Å². The molecule has 144 valence electrons. The Hall–Kier alpha value is -2.14. The maximum Gasteiger partial charge on any atom is 0.264 e. The van der Waals surface area contributed by atoms with Crippen molar-refractivity contribution < 1.29 is 14.3 Å². The third-order valence-corrected chi connectivity index (χ3v) is 5.38. The highest BCUT2D eigenvalue weighted by Gasteiger charge is 2.21. The predicted octanol–water partition coefficient (Wildman–Crippen LogP) is 4.56. The number of carbonyl (C=O) groups excluding carboxylic acids is 1. The van der Waals surface area contributed by atoms with Crippen molar-refractivity contribution in [2.75, 3.05) is 26.3 Å². The molecular weight excluding hydrogens is 488 g/mol. The molecule has 0 atom stereocenters. The quantitative estimate of drug-likeness (QED) is 0.441. The topological polar surface area (TPSA) is 62.6 Å². The van der Waals surface area contributed by atoms with E-state index in [2.05, 4.69) is 31.9 Å². The summed E-state index contributed by atoms with van der Waals surface area (Å²) < 4.78 is 12.6. The number of amides is 1.